The Morgan fingerprint density at radius 1 is 1.53 bits per heavy atom. The number of carbonyl (C=O) groups is 1. The van der Waals surface area contributed by atoms with Gasteiger partial charge < -0.3 is 0 Å². The van der Waals surface area contributed by atoms with Crippen LogP contribution in [0.4, 0.5) is 0 Å². The summed E-state index contributed by atoms with van der Waals surface area (Å²) >= 11 is 0. The molecule has 0 aliphatic carbocycles. The van der Waals surface area contributed by atoms with Crippen LogP contribution in [0.25, 0.3) is 5.82 Å². The summed E-state index contributed by atoms with van der Waals surface area (Å²) < 4.78 is 1.45. The van der Waals surface area contributed by atoms with Crippen LogP contribution in [0.15, 0.2) is 29.2 Å². The van der Waals surface area contributed by atoms with Gasteiger partial charge in [0.15, 0.2) is 11.6 Å². The van der Waals surface area contributed by atoms with Gasteiger partial charge in [0, 0.05) is 18.7 Å². The van der Waals surface area contributed by atoms with Crippen LogP contribution in [-0.2, 0) is 0 Å². The number of nitrogens with zero attached hydrogens (tertiary/aromatic N) is 2. The van der Waals surface area contributed by atoms with Gasteiger partial charge in [-0.05, 0) is 18.6 Å². The molecule has 0 amide bonds. The maximum atomic E-state index is 11.7. The summed E-state index contributed by atoms with van der Waals surface area (Å²) in [7, 11) is 0. The molecular formula is C12H13N3O2. The van der Waals surface area contributed by atoms with Crippen molar-refractivity contribution >= 4 is 5.78 Å². The largest absolute Gasteiger partial charge is 0.292 e. The molecule has 0 aromatic carbocycles. The Balaban J connectivity index is 2.64. The molecule has 2 aromatic heterocycles. The van der Waals surface area contributed by atoms with Crippen molar-refractivity contribution in [1.82, 2.24) is 14.8 Å². The van der Waals surface area contributed by atoms with E-state index in [1.807, 2.05) is 19.1 Å². The predicted molar refractivity (Wildman–Crippen MR) is 63.5 cm³/mol. The number of rotatable bonds is 3. The van der Waals surface area contributed by atoms with Crippen molar-refractivity contribution in [3.63, 3.8) is 0 Å². The number of aromatic amines is 1. The lowest BCUT2D eigenvalue weighted by atomic mass is 10.2. The highest BCUT2D eigenvalue weighted by Crippen LogP contribution is 2.11. The fraction of sp³-hybridized carbons (Fsp3) is 0.250. The number of nitrogens with one attached hydrogen (secondary N) is 1. The van der Waals surface area contributed by atoms with Crippen LogP contribution in [0.3, 0.4) is 0 Å². The number of hydrogen-bond acceptors (Lipinski definition) is 3. The van der Waals surface area contributed by atoms with Crippen LogP contribution in [0.1, 0.15) is 29.4 Å². The Labute approximate surface area is 98.1 Å². The third-order valence-corrected chi connectivity index (χ3v) is 2.53. The summed E-state index contributed by atoms with van der Waals surface area (Å²) in [6.07, 6.45) is 1.98. The predicted octanol–water partition coefficient (Wildman–Crippen LogP) is 1.46. The molecule has 0 bridgehead atoms. The number of H-pyrrole nitrogens is 1. The zero-order chi connectivity index (χ0) is 12.4. The third-order valence-electron chi connectivity index (χ3n) is 2.53. The van der Waals surface area contributed by atoms with Gasteiger partial charge in [0.1, 0.15) is 5.69 Å². The SMILES string of the molecule is CCC(=O)c1cc(=O)[nH]n1-c1ncccc1C. The van der Waals surface area contributed by atoms with Crippen molar-refractivity contribution in [2.24, 2.45) is 0 Å². The number of Topliss-reactive ketones (excluding diaryl/α,β-unsaturated/α-hetero) is 1. The monoisotopic (exact) mass is 231 g/mol. The van der Waals surface area contributed by atoms with Crippen LogP contribution < -0.4 is 5.56 Å². The highest BCUT2D eigenvalue weighted by Gasteiger charge is 2.14. The van der Waals surface area contributed by atoms with E-state index in [1.54, 1.807) is 13.1 Å². The van der Waals surface area contributed by atoms with Crippen LogP contribution in [0.5, 0.6) is 0 Å². The lowest BCUT2D eigenvalue weighted by Crippen LogP contribution is -2.11. The van der Waals surface area contributed by atoms with Gasteiger partial charge in [0.2, 0.25) is 0 Å². The summed E-state index contributed by atoms with van der Waals surface area (Å²) in [6, 6.07) is 4.99. The van der Waals surface area contributed by atoms with Gasteiger partial charge in [-0.1, -0.05) is 13.0 Å². The number of aromatic nitrogens is 3. The molecule has 0 fully saturated rings. The zero-order valence-corrected chi connectivity index (χ0v) is 9.73. The van der Waals surface area contributed by atoms with Gasteiger partial charge in [-0.25, -0.2) is 9.67 Å². The average Bonchev–Trinajstić information content (AvgIpc) is 2.71. The molecule has 2 aromatic rings. The van der Waals surface area contributed by atoms with Crippen molar-refractivity contribution in [1.29, 1.82) is 0 Å². The normalized spacial score (nSPS) is 10.5. The van der Waals surface area contributed by atoms with Crippen LogP contribution in [0, 0.1) is 6.92 Å². The van der Waals surface area contributed by atoms with Gasteiger partial charge in [-0.3, -0.25) is 14.7 Å². The summed E-state index contributed by atoms with van der Waals surface area (Å²) in [4.78, 5) is 27.3. The lowest BCUT2D eigenvalue weighted by molar-refractivity contribution is 0.0980. The quantitative estimate of drug-likeness (QED) is 0.813. The molecule has 2 rings (SSSR count). The molecule has 0 radical (unpaired) electrons. The average molecular weight is 231 g/mol. The molecule has 5 nitrogen and oxygen atoms in total. The van der Waals surface area contributed by atoms with E-state index in [1.165, 1.54) is 10.7 Å². The third kappa shape index (κ3) is 2.04. The highest BCUT2D eigenvalue weighted by atomic mass is 16.1. The molecule has 88 valence electrons. The molecule has 0 saturated heterocycles. The maximum absolute atomic E-state index is 11.7. The second kappa shape index (κ2) is 4.37. The van der Waals surface area contributed by atoms with Gasteiger partial charge in [0.05, 0.1) is 0 Å². The van der Waals surface area contributed by atoms with Crippen LogP contribution in [0.2, 0.25) is 0 Å². The molecule has 0 saturated carbocycles. The van der Waals surface area contributed by atoms with Crippen molar-refractivity contribution < 1.29 is 4.79 Å². The first-order chi connectivity index (χ1) is 8.13. The van der Waals surface area contributed by atoms with E-state index in [0.29, 0.717) is 17.9 Å². The lowest BCUT2D eigenvalue weighted by Gasteiger charge is -2.08. The molecule has 0 aliphatic rings. The fourth-order valence-corrected chi connectivity index (χ4v) is 1.66. The minimum absolute atomic E-state index is 0.0894. The summed E-state index contributed by atoms with van der Waals surface area (Å²) in [5, 5.41) is 2.59. The Bertz CT molecular complexity index is 610. The standard InChI is InChI=1S/C12H13N3O2/c1-3-10(16)9-7-11(17)14-15(9)12-8(2)5-4-6-13-12/h4-7H,3H2,1-2H3,(H,14,17). The smallest absolute Gasteiger partial charge is 0.265 e. The van der Waals surface area contributed by atoms with Gasteiger partial charge in [0.25, 0.3) is 5.56 Å². The molecule has 2 heterocycles. The second-order valence-corrected chi connectivity index (χ2v) is 3.76. The first-order valence-corrected chi connectivity index (χ1v) is 5.40. The van der Waals surface area contributed by atoms with Crippen molar-refractivity contribution in [2.75, 3.05) is 0 Å². The van der Waals surface area contributed by atoms with E-state index < -0.39 is 0 Å². The van der Waals surface area contributed by atoms with Crippen LogP contribution >= 0.6 is 0 Å². The first-order valence-electron chi connectivity index (χ1n) is 5.40. The van der Waals surface area contributed by atoms with E-state index in [-0.39, 0.29) is 11.3 Å². The fourth-order valence-electron chi connectivity index (χ4n) is 1.66. The Kier molecular flexibility index (Phi) is 2.91. The molecule has 5 heteroatoms. The number of carbonyl (C=O) groups excluding carboxylic acids is 1. The number of pyridine rings is 1. The Morgan fingerprint density at radius 3 is 2.94 bits per heavy atom. The Hall–Kier alpha value is -2.17. The topological polar surface area (TPSA) is 67.8 Å². The number of aryl methyl sites for hydroxylation is 1. The summed E-state index contributed by atoms with van der Waals surface area (Å²) in [5.74, 6) is 0.486. The molecule has 0 spiro atoms. The van der Waals surface area contributed by atoms with Gasteiger partial charge in [-0.2, -0.15) is 0 Å². The number of ketones is 1. The van der Waals surface area contributed by atoms with Gasteiger partial charge >= 0.3 is 0 Å². The molecular weight excluding hydrogens is 218 g/mol. The van der Waals surface area contributed by atoms with Crippen LogP contribution in [-0.4, -0.2) is 20.5 Å². The zero-order valence-electron chi connectivity index (χ0n) is 9.73. The minimum Gasteiger partial charge on any atom is -0.292 e. The van der Waals surface area contributed by atoms with E-state index in [9.17, 15) is 9.59 Å². The van der Waals surface area contributed by atoms with Crippen molar-refractivity contribution in [3.05, 3.63) is 46.0 Å². The molecule has 0 unspecified atom stereocenters. The summed E-state index contributed by atoms with van der Waals surface area (Å²) in [6.45, 7) is 3.64. The molecule has 1 N–H and O–H groups in total. The molecule has 0 aliphatic heterocycles. The Morgan fingerprint density at radius 2 is 2.29 bits per heavy atom. The summed E-state index contributed by atoms with van der Waals surface area (Å²) in [5.41, 5.74) is 0.940. The number of hydrogen-bond donors (Lipinski definition) is 1. The highest BCUT2D eigenvalue weighted by molar-refractivity contribution is 5.94. The minimum atomic E-state index is -0.299. The molecule has 0 atom stereocenters. The van der Waals surface area contributed by atoms with Crippen molar-refractivity contribution in [2.45, 2.75) is 20.3 Å². The first kappa shape index (κ1) is 11.3. The maximum Gasteiger partial charge on any atom is 0.265 e. The molecule has 17 heavy (non-hydrogen) atoms. The van der Waals surface area contributed by atoms with E-state index in [4.69, 9.17) is 0 Å². The second-order valence-electron chi connectivity index (χ2n) is 3.76. The van der Waals surface area contributed by atoms with E-state index >= 15 is 0 Å². The van der Waals surface area contributed by atoms with E-state index in [2.05, 4.69) is 10.1 Å². The van der Waals surface area contributed by atoms with Crippen molar-refractivity contribution in [3.8, 4) is 5.82 Å². The van der Waals surface area contributed by atoms with E-state index in [0.717, 1.165) is 5.56 Å². The van der Waals surface area contributed by atoms with Gasteiger partial charge in [-0.15, -0.1) is 0 Å².